The van der Waals surface area contributed by atoms with Gasteiger partial charge in [0.25, 0.3) is 0 Å². The molecule has 28 heavy (non-hydrogen) atoms. The molecule has 1 N–H and O–H groups in total. The Balaban J connectivity index is 1.25. The number of piperazine rings is 1. The van der Waals surface area contributed by atoms with Gasteiger partial charge in [0.2, 0.25) is 0 Å². The van der Waals surface area contributed by atoms with Crippen molar-refractivity contribution in [3.8, 4) is 5.75 Å². The molecule has 0 atom stereocenters. The van der Waals surface area contributed by atoms with Crippen LogP contribution in [0.3, 0.4) is 0 Å². The van der Waals surface area contributed by atoms with Gasteiger partial charge in [-0.3, -0.25) is 4.90 Å². The second kappa shape index (κ2) is 8.26. The Hall–Kier alpha value is -3.13. The van der Waals surface area contributed by atoms with Gasteiger partial charge >= 0.3 is 6.03 Å². The topological polar surface area (TPSA) is 75.5 Å². The molecule has 3 heterocycles. The van der Waals surface area contributed by atoms with E-state index in [1.807, 2.05) is 47.6 Å². The van der Waals surface area contributed by atoms with E-state index in [2.05, 4.69) is 24.8 Å². The van der Waals surface area contributed by atoms with E-state index in [9.17, 15) is 4.79 Å². The van der Waals surface area contributed by atoms with E-state index in [1.54, 1.807) is 13.3 Å². The van der Waals surface area contributed by atoms with Gasteiger partial charge in [0, 0.05) is 51.2 Å². The van der Waals surface area contributed by atoms with Crippen LogP contribution in [0.1, 0.15) is 0 Å². The quantitative estimate of drug-likeness (QED) is 0.735. The highest BCUT2D eigenvalue weighted by Crippen LogP contribution is 2.16. The number of imidazole rings is 1. The minimum Gasteiger partial charge on any atom is -0.497 e. The molecule has 8 heteroatoms. The lowest BCUT2D eigenvalue weighted by Gasteiger charge is -2.34. The molecule has 2 aromatic heterocycles. The van der Waals surface area contributed by atoms with Gasteiger partial charge < -0.3 is 19.5 Å². The van der Waals surface area contributed by atoms with Gasteiger partial charge in [-0.25, -0.2) is 14.8 Å². The number of carbonyl (C=O) groups excluding carboxylic acids is 1. The molecule has 1 fully saturated rings. The van der Waals surface area contributed by atoms with Crippen LogP contribution in [0.4, 0.5) is 10.5 Å². The zero-order valence-electron chi connectivity index (χ0n) is 15.9. The fourth-order valence-electron chi connectivity index (χ4n) is 3.36. The highest BCUT2D eigenvalue weighted by atomic mass is 16.5. The van der Waals surface area contributed by atoms with Crippen LogP contribution in [0.5, 0.6) is 5.75 Å². The number of nitrogens with zero attached hydrogens (tertiary/aromatic N) is 5. The van der Waals surface area contributed by atoms with Crippen molar-refractivity contribution in [2.24, 2.45) is 0 Å². The summed E-state index contributed by atoms with van der Waals surface area (Å²) in [6, 6.07) is 11.2. The number of anilines is 1. The Kier molecular flexibility index (Phi) is 5.38. The summed E-state index contributed by atoms with van der Waals surface area (Å²) in [5.74, 6) is 0.771. The summed E-state index contributed by atoms with van der Waals surface area (Å²) in [5.41, 5.74) is 2.61. The number of urea groups is 1. The molecule has 0 bridgehead atoms. The van der Waals surface area contributed by atoms with E-state index in [-0.39, 0.29) is 6.03 Å². The highest BCUT2D eigenvalue weighted by Gasteiger charge is 2.21. The Labute approximate surface area is 163 Å². The zero-order valence-corrected chi connectivity index (χ0v) is 15.9. The van der Waals surface area contributed by atoms with E-state index in [0.717, 1.165) is 48.8 Å². The van der Waals surface area contributed by atoms with Crippen molar-refractivity contribution in [3.05, 3.63) is 48.9 Å². The van der Waals surface area contributed by atoms with Crippen molar-refractivity contribution >= 4 is 22.9 Å². The molecule has 1 aromatic carbocycles. The normalized spacial score (nSPS) is 15.0. The molecule has 8 nitrogen and oxygen atoms in total. The Morgan fingerprint density at radius 3 is 2.61 bits per heavy atom. The second-order valence-electron chi connectivity index (χ2n) is 6.77. The lowest BCUT2D eigenvalue weighted by Crippen LogP contribution is -2.50. The van der Waals surface area contributed by atoms with Crippen molar-refractivity contribution in [2.45, 2.75) is 6.54 Å². The first-order valence-electron chi connectivity index (χ1n) is 9.41. The van der Waals surface area contributed by atoms with Crippen LogP contribution >= 0.6 is 0 Å². The third kappa shape index (κ3) is 4.07. The number of carbonyl (C=O) groups is 1. The van der Waals surface area contributed by atoms with E-state index in [4.69, 9.17) is 4.74 Å². The molecule has 1 aliphatic rings. The minimum atomic E-state index is -0.0605. The monoisotopic (exact) mass is 380 g/mol. The summed E-state index contributed by atoms with van der Waals surface area (Å²) in [7, 11) is 1.62. The molecule has 2 amide bonds. The van der Waals surface area contributed by atoms with Gasteiger partial charge in [0.1, 0.15) is 11.3 Å². The van der Waals surface area contributed by atoms with E-state index >= 15 is 0 Å². The number of benzene rings is 1. The summed E-state index contributed by atoms with van der Waals surface area (Å²) in [6.45, 7) is 4.89. The highest BCUT2D eigenvalue weighted by molar-refractivity contribution is 5.89. The number of nitrogens with one attached hydrogen (secondary N) is 1. The van der Waals surface area contributed by atoms with Crippen LogP contribution in [0.25, 0.3) is 11.2 Å². The molecule has 3 aromatic rings. The summed E-state index contributed by atoms with van der Waals surface area (Å²) >= 11 is 0. The van der Waals surface area contributed by atoms with Crippen LogP contribution in [0.15, 0.2) is 48.9 Å². The summed E-state index contributed by atoms with van der Waals surface area (Å²) in [5, 5.41) is 2.94. The van der Waals surface area contributed by atoms with Crippen LogP contribution < -0.4 is 10.1 Å². The Morgan fingerprint density at radius 1 is 1.07 bits per heavy atom. The smallest absolute Gasteiger partial charge is 0.321 e. The van der Waals surface area contributed by atoms with E-state index < -0.39 is 0 Å². The number of methoxy groups -OCH3 is 1. The number of fused-ring (bicyclic) bond motifs is 1. The van der Waals surface area contributed by atoms with Crippen LogP contribution in [0.2, 0.25) is 0 Å². The van der Waals surface area contributed by atoms with Crippen molar-refractivity contribution < 1.29 is 9.53 Å². The summed E-state index contributed by atoms with van der Waals surface area (Å²) < 4.78 is 7.22. The number of rotatable bonds is 5. The predicted molar refractivity (Wildman–Crippen MR) is 108 cm³/mol. The average Bonchev–Trinajstić information content (AvgIpc) is 3.16. The lowest BCUT2D eigenvalue weighted by atomic mass is 10.3. The number of hydrogen-bond acceptors (Lipinski definition) is 5. The predicted octanol–water partition coefficient (Wildman–Crippen LogP) is 2.29. The molecule has 0 unspecified atom stereocenters. The molecule has 4 rings (SSSR count). The number of aromatic nitrogens is 3. The van der Waals surface area contributed by atoms with Crippen LogP contribution in [-0.2, 0) is 6.54 Å². The van der Waals surface area contributed by atoms with Crippen LogP contribution in [0, 0.1) is 0 Å². The molecular formula is C20H24N6O2. The Morgan fingerprint density at radius 2 is 1.86 bits per heavy atom. The molecular weight excluding hydrogens is 356 g/mol. The standard InChI is InChI=1S/C20H24N6O2/c1-28-17-6-4-16(5-7-17)23-20(27)25-12-9-24(10-13-25)11-14-26-15-22-18-3-2-8-21-19(18)26/h2-8,15H,9-14H2,1H3,(H,23,27). The number of pyridine rings is 1. The first-order chi connectivity index (χ1) is 13.7. The maximum absolute atomic E-state index is 12.5. The number of ether oxygens (including phenoxy) is 1. The van der Waals surface area contributed by atoms with E-state index in [1.165, 1.54) is 0 Å². The van der Waals surface area contributed by atoms with Gasteiger partial charge in [0.05, 0.1) is 13.4 Å². The number of amides is 2. The first-order valence-corrected chi connectivity index (χ1v) is 9.41. The summed E-state index contributed by atoms with van der Waals surface area (Å²) in [6.07, 6.45) is 3.64. The average molecular weight is 380 g/mol. The van der Waals surface area contributed by atoms with Crippen molar-refractivity contribution in [1.82, 2.24) is 24.3 Å². The van der Waals surface area contributed by atoms with Crippen molar-refractivity contribution in [3.63, 3.8) is 0 Å². The van der Waals surface area contributed by atoms with Gasteiger partial charge in [-0.15, -0.1) is 0 Å². The first kappa shape index (κ1) is 18.2. The van der Waals surface area contributed by atoms with Gasteiger partial charge in [-0.05, 0) is 36.4 Å². The van der Waals surface area contributed by atoms with Gasteiger partial charge in [0.15, 0.2) is 5.65 Å². The molecule has 1 aliphatic heterocycles. The lowest BCUT2D eigenvalue weighted by molar-refractivity contribution is 0.144. The largest absolute Gasteiger partial charge is 0.497 e. The second-order valence-corrected chi connectivity index (χ2v) is 6.77. The van der Waals surface area contributed by atoms with Crippen molar-refractivity contribution in [2.75, 3.05) is 45.2 Å². The molecule has 0 saturated carbocycles. The summed E-state index contributed by atoms with van der Waals surface area (Å²) in [4.78, 5) is 25.5. The van der Waals surface area contributed by atoms with Gasteiger partial charge in [-0.2, -0.15) is 0 Å². The third-order valence-electron chi connectivity index (χ3n) is 5.03. The minimum absolute atomic E-state index is 0.0605. The molecule has 1 saturated heterocycles. The Bertz CT molecular complexity index is 931. The molecule has 0 aliphatic carbocycles. The third-order valence-corrected chi connectivity index (χ3v) is 5.03. The van der Waals surface area contributed by atoms with Gasteiger partial charge in [-0.1, -0.05) is 0 Å². The SMILES string of the molecule is COc1ccc(NC(=O)N2CCN(CCn3cnc4cccnc43)CC2)cc1. The maximum Gasteiger partial charge on any atom is 0.321 e. The number of hydrogen-bond donors (Lipinski definition) is 1. The van der Waals surface area contributed by atoms with Crippen molar-refractivity contribution in [1.29, 1.82) is 0 Å². The maximum atomic E-state index is 12.5. The zero-order chi connectivity index (χ0) is 19.3. The van der Waals surface area contributed by atoms with E-state index in [0.29, 0.717) is 13.1 Å². The molecule has 0 spiro atoms. The van der Waals surface area contributed by atoms with Crippen LogP contribution in [-0.4, -0.2) is 70.2 Å². The molecule has 146 valence electrons. The fraction of sp³-hybridized carbons (Fsp3) is 0.350. The molecule has 0 radical (unpaired) electrons. The fourth-order valence-corrected chi connectivity index (χ4v) is 3.36.